The lowest BCUT2D eigenvalue weighted by Gasteiger charge is -2.27. The van der Waals surface area contributed by atoms with Crippen LogP contribution in [0.5, 0.6) is 0 Å². The molecule has 36 heavy (non-hydrogen) atoms. The highest BCUT2D eigenvalue weighted by Crippen LogP contribution is 2.34. The van der Waals surface area contributed by atoms with Crippen molar-refractivity contribution in [3.63, 3.8) is 0 Å². The van der Waals surface area contributed by atoms with Crippen molar-refractivity contribution in [2.24, 2.45) is 4.99 Å². The summed E-state index contributed by atoms with van der Waals surface area (Å²) in [5.41, 5.74) is 2.14. The number of nitrogens with one attached hydrogen (secondary N) is 2. The van der Waals surface area contributed by atoms with Gasteiger partial charge in [0.05, 0.1) is 29.0 Å². The number of carbonyl (C=O) groups excluding carboxylic acids is 1. The third-order valence-corrected chi connectivity index (χ3v) is 7.51. The number of carboxylic acids is 1. The largest absolute Gasteiger partial charge is 0.477 e. The summed E-state index contributed by atoms with van der Waals surface area (Å²) in [6.07, 6.45) is 4.07. The van der Waals surface area contributed by atoms with Gasteiger partial charge in [-0.25, -0.2) is 24.7 Å². The molecule has 1 aliphatic rings. The second kappa shape index (κ2) is 11.3. The van der Waals surface area contributed by atoms with E-state index in [4.69, 9.17) is 27.9 Å². The molecule has 1 fully saturated rings. The van der Waals surface area contributed by atoms with Gasteiger partial charge in [0.2, 0.25) is 0 Å². The molecule has 0 spiro atoms. The minimum Gasteiger partial charge on any atom is -0.477 e. The summed E-state index contributed by atoms with van der Waals surface area (Å²) in [5.74, 6) is -1.00. The molecule has 0 unspecified atom stereocenters. The van der Waals surface area contributed by atoms with E-state index in [9.17, 15) is 14.7 Å². The van der Waals surface area contributed by atoms with Crippen molar-refractivity contribution >= 4 is 63.1 Å². The van der Waals surface area contributed by atoms with E-state index >= 15 is 0 Å². The van der Waals surface area contributed by atoms with Gasteiger partial charge in [-0.05, 0) is 6.92 Å². The smallest absolute Gasteiger partial charge is 0.348 e. The van der Waals surface area contributed by atoms with Crippen molar-refractivity contribution in [1.82, 2.24) is 19.9 Å². The standard InChI is InChI=1S/C22H23Cl2N7O4S/c1-11-15(23)16(24)18(28-11)20(32)29-12-3-6-31(7-4-12)22-30-17(19(36-22)21(33)34)13-9-27-14(10-26-13)25-5-8-35-2/h9-10,28H,3-8H2,1-2H3,(H,25,27)(H,33,34). The summed E-state index contributed by atoms with van der Waals surface area (Å²) in [5, 5.41) is 13.8. The van der Waals surface area contributed by atoms with E-state index in [1.807, 2.05) is 4.90 Å². The van der Waals surface area contributed by atoms with Crippen LogP contribution in [0.25, 0.3) is 11.4 Å². The molecule has 0 bridgehead atoms. The molecule has 4 heterocycles. The van der Waals surface area contributed by atoms with E-state index in [-0.39, 0.29) is 21.3 Å². The van der Waals surface area contributed by atoms with Crippen LogP contribution in [0.3, 0.4) is 0 Å². The van der Waals surface area contributed by atoms with E-state index in [0.29, 0.717) is 66.4 Å². The van der Waals surface area contributed by atoms with Crippen molar-refractivity contribution < 1.29 is 19.4 Å². The minimum atomic E-state index is -1.08. The number of aliphatic imine (C=N–C) groups is 1. The Morgan fingerprint density at radius 1 is 1.25 bits per heavy atom. The highest BCUT2D eigenvalue weighted by Gasteiger charge is 2.26. The van der Waals surface area contributed by atoms with Gasteiger partial charge in [-0.1, -0.05) is 34.5 Å². The fraction of sp³-hybridized carbons (Fsp3) is 0.364. The molecule has 4 rings (SSSR count). The molecule has 3 aromatic heterocycles. The van der Waals surface area contributed by atoms with Gasteiger partial charge in [0, 0.05) is 51.0 Å². The zero-order valence-electron chi connectivity index (χ0n) is 19.5. The first-order valence-electron chi connectivity index (χ1n) is 11.0. The number of piperidine rings is 1. The summed E-state index contributed by atoms with van der Waals surface area (Å²) in [7, 11) is 1.61. The van der Waals surface area contributed by atoms with E-state index in [1.54, 1.807) is 14.0 Å². The van der Waals surface area contributed by atoms with Crippen molar-refractivity contribution in [2.75, 3.05) is 43.6 Å². The molecule has 0 aliphatic carbocycles. The second-order valence-electron chi connectivity index (χ2n) is 7.91. The Morgan fingerprint density at radius 3 is 2.58 bits per heavy atom. The number of hydrogen-bond acceptors (Lipinski definition) is 9. The molecule has 0 radical (unpaired) electrons. The maximum atomic E-state index is 12.6. The predicted molar refractivity (Wildman–Crippen MR) is 139 cm³/mol. The zero-order valence-corrected chi connectivity index (χ0v) is 21.8. The summed E-state index contributed by atoms with van der Waals surface area (Å²) < 4.78 is 4.99. The number of thiazole rings is 1. The average Bonchev–Trinajstić information content (AvgIpc) is 3.43. The number of nitrogens with zero attached hydrogens (tertiary/aromatic N) is 5. The molecule has 1 amide bonds. The normalized spacial score (nSPS) is 13.7. The van der Waals surface area contributed by atoms with Crippen LogP contribution in [0.4, 0.5) is 10.9 Å². The summed E-state index contributed by atoms with van der Waals surface area (Å²) in [4.78, 5) is 46.8. The number of carbonyl (C=O) groups is 2. The van der Waals surface area contributed by atoms with E-state index in [2.05, 4.69) is 30.2 Å². The number of methoxy groups -OCH3 is 1. The number of halogens is 2. The maximum Gasteiger partial charge on any atom is 0.348 e. The lowest BCUT2D eigenvalue weighted by molar-refractivity contribution is 0.0702. The van der Waals surface area contributed by atoms with Crippen molar-refractivity contribution in [3.8, 4) is 11.4 Å². The SMILES string of the molecule is COCCNc1cnc(-c2nc(N3CCC(=NC(=O)c4[nH]c(C)c(Cl)c4Cl)CC3)sc2C(=O)O)cn1. The first-order chi connectivity index (χ1) is 17.3. The van der Waals surface area contributed by atoms with Crippen molar-refractivity contribution in [1.29, 1.82) is 0 Å². The van der Waals surface area contributed by atoms with Crippen LogP contribution in [0.1, 0.15) is 38.7 Å². The molecule has 14 heteroatoms. The molecule has 190 valence electrons. The Bertz CT molecular complexity index is 1300. The van der Waals surface area contributed by atoms with Gasteiger partial charge in [-0.15, -0.1) is 0 Å². The number of hydrogen-bond donors (Lipinski definition) is 3. The van der Waals surface area contributed by atoms with E-state index < -0.39 is 11.9 Å². The summed E-state index contributed by atoms with van der Waals surface area (Å²) in [6, 6.07) is 0. The number of rotatable bonds is 8. The Hall–Kier alpha value is -3.06. The number of H-pyrrole nitrogens is 1. The number of anilines is 2. The first kappa shape index (κ1) is 26.0. The van der Waals surface area contributed by atoms with Crippen LogP contribution in [0.2, 0.25) is 10.0 Å². The van der Waals surface area contributed by atoms with Gasteiger partial charge in [0.15, 0.2) is 5.13 Å². The van der Waals surface area contributed by atoms with Crippen molar-refractivity contribution in [2.45, 2.75) is 19.8 Å². The summed E-state index contributed by atoms with van der Waals surface area (Å²) >= 11 is 13.3. The first-order valence-corrected chi connectivity index (χ1v) is 12.5. The molecule has 3 N–H and O–H groups in total. The van der Waals surface area contributed by atoms with Crippen LogP contribution in [-0.4, -0.2) is 76.0 Å². The van der Waals surface area contributed by atoms with Gasteiger partial charge >= 0.3 is 5.97 Å². The topological polar surface area (TPSA) is 146 Å². The number of aromatic amines is 1. The lowest BCUT2D eigenvalue weighted by atomic mass is 10.1. The zero-order chi connectivity index (χ0) is 25.8. The van der Waals surface area contributed by atoms with Gasteiger partial charge in [-0.3, -0.25) is 4.79 Å². The predicted octanol–water partition coefficient (Wildman–Crippen LogP) is 4.18. The highest BCUT2D eigenvalue weighted by molar-refractivity contribution is 7.17. The Morgan fingerprint density at radius 2 is 2.00 bits per heavy atom. The molecule has 3 aromatic rings. The molecular formula is C22H23Cl2N7O4S. The number of amides is 1. The van der Waals surface area contributed by atoms with Crippen LogP contribution in [-0.2, 0) is 4.74 Å². The van der Waals surface area contributed by atoms with Crippen LogP contribution >= 0.6 is 34.5 Å². The molecule has 0 atom stereocenters. The van der Waals surface area contributed by atoms with Gasteiger partial charge in [0.1, 0.15) is 27.8 Å². The molecule has 11 nitrogen and oxygen atoms in total. The molecule has 1 saturated heterocycles. The molecule has 0 saturated carbocycles. The highest BCUT2D eigenvalue weighted by atomic mass is 35.5. The van der Waals surface area contributed by atoms with Crippen LogP contribution < -0.4 is 10.2 Å². The maximum absolute atomic E-state index is 12.6. The number of aromatic carboxylic acids is 1. The Labute approximate surface area is 220 Å². The summed E-state index contributed by atoms with van der Waals surface area (Å²) in [6.45, 7) is 3.88. The average molecular weight is 552 g/mol. The van der Waals surface area contributed by atoms with E-state index in [0.717, 1.165) is 17.0 Å². The Balaban J connectivity index is 1.46. The molecular weight excluding hydrogens is 529 g/mol. The van der Waals surface area contributed by atoms with Crippen molar-refractivity contribution in [3.05, 3.63) is 38.7 Å². The van der Waals surface area contributed by atoms with Gasteiger partial charge < -0.3 is 25.0 Å². The Kier molecular flexibility index (Phi) is 8.19. The molecule has 1 aliphatic heterocycles. The number of aromatic nitrogens is 4. The third kappa shape index (κ3) is 5.67. The van der Waals surface area contributed by atoms with E-state index in [1.165, 1.54) is 12.4 Å². The number of aryl methyl sites for hydroxylation is 1. The van der Waals surface area contributed by atoms with Gasteiger partial charge in [0.25, 0.3) is 5.91 Å². The quantitative estimate of drug-likeness (QED) is 0.350. The second-order valence-corrected chi connectivity index (χ2v) is 9.64. The molecule has 0 aromatic carbocycles. The fourth-order valence-corrected chi connectivity index (χ4v) is 4.95. The third-order valence-electron chi connectivity index (χ3n) is 5.46. The number of ether oxygens (including phenoxy) is 1. The fourth-order valence-electron chi connectivity index (χ4n) is 3.57. The minimum absolute atomic E-state index is 0.0858. The monoisotopic (exact) mass is 551 g/mol. The van der Waals surface area contributed by atoms with Gasteiger partial charge in [-0.2, -0.15) is 0 Å². The number of carboxylic acid groups (broad SMARTS) is 1. The van der Waals surface area contributed by atoms with Crippen LogP contribution in [0, 0.1) is 6.92 Å². The lowest BCUT2D eigenvalue weighted by Crippen LogP contribution is -2.34. The van der Waals surface area contributed by atoms with Crippen LogP contribution in [0.15, 0.2) is 17.4 Å².